The first kappa shape index (κ1) is 15.5. The summed E-state index contributed by atoms with van der Waals surface area (Å²) in [6.07, 6.45) is 0.0565. The molecule has 114 valence electrons. The normalized spacial score (nSPS) is 23.0. The summed E-state index contributed by atoms with van der Waals surface area (Å²) in [5, 5.41) is 9.13. The van der Waals surface area contributed by atoms with E-state index in [0.29, 0.717) is 19.6 Å². The van der Waals surface area contributed by atoms with Crippen molar-refractivity contribution in [3.63, 3.8) is 0 Å². The fourth-order valence-electron chi connectivity index (χ4n) is 2.94. The first-order valence-electron chi connectivity index (χ1n) is 7.24. The second kappa shape index (κ2) is 6.72. The molecule has 0 aliphatic carbocycles. The van der Waals surface area contributed by atoms with E-state index in [-0.39, 0.29) is 24.4 Å². The highest BCUT2D eigenvalue weighted by Crippen LogP contribution is 2.21. The minimum absolute atomic E-state index is 0.0107. The Morgan fingerprint density at radius 2 is 1.90 bits per heavy atom. The molecule has 1 aromatic rings. The molecule has 21 heavy (non-hydrogen) atoms. The van der Waals surface area contributed by atoms with Crippen molar-refractivity contribution in [1.82, 2.24) is 9.80 Å². The number of nitrogens with zero attached hydrogens (tertiary/aromatic N) is 2. The Kier molecular flexibility index (Phi) is 4.96. The Morgan fingerprint density at radius 1 is 1.24 bits per heavy atom. The SMILES string of the molecule is CC(=O)N1C[C@H](CC(=O)O)N(Cc2ccccc2)[C@@H](C)C1. The molecule has 1 aliphatic rings. The lowest BCUT2D eigenvalue weighted by atomic mass is 10.0. The molecule has 0 bridgehead atoms. The Balaban J connectivity index is 2.15. The maximum atomic E-state index is 11.6. The lowest BCUT2D eigenvalue weighted by Crippen LogP contribution is -2.58. The molecule has 2 rings (SSSR count). The third-order valence-corrected chi connectivity index (χ3v) is 4.01. The Morgan fingerprint density at radius 3 is 2.48 bits per heavy atom. The van der Waals surface area contributed by atoms with Gasteiger partial charge in [0.05, 0.1) is 6.42 Å². The predicted octanol–water partition coefficient (Wildman–Crippen LogP) is 1.58. The smallest absolute Gasteiger partial charge is 0.305 e. The van der Waals surface area contributed by atoms with Gasteiger partial charge in [-0.3, -0.25) is 14.5 Å². The maximum absolute atomic E-state index is 11.6. The van der Waals surface area contributed by atoms with Crippen molar-refractivity contribution < 1.29 is 14.7 Å². The molecule has 1 aliphatic heterocycles. The van der Waals surface area contributed by atoms with Gasteiger partial charge in [0.25, 0.3) is 0 Å². The zero-order chi connectivity index (χ0) is 15.4. The van der Waals surface area contributed by atoms with Gasteiger partial charge in [0, 0.05) is 38.6 Å². The quantitative estimate of drug-likeness (QED) is 0.914. The molecule has 5 nitrogen and oxygen atoms in total. The summed E-state index contributed by atoms with van der Waals surface area (Å²) in [6, 6.07) is 10.0. The van der Waals surface area contributed by atoms with E-state index in [9.17, 15) is 9.59 Å². The second-order valence-electron chi connectivity index (χ2n) is 5.68. The van der Waals surface area contributed by atoms with Crippen LogP contribution < -0.4 is 0 Å². The fraction of sp³-hybridized carbons (Fsp3) is 0.500. The van der Waals surface area contributed by atoms with Crippen LogP contribution in [-0.4, -0.2) is 52.0 Å². The van der Waals surface area contributed by atoms with Crippen LogP contribution in [0.25, 0.3) is 0 Å². The lowest BCUT2D eigenvalue weighted by Gasteiger charge is -2.45. The van der Waals surface area contributed by atoms with E-state index >= 15 is 0 Å². The maximum Gasteiger partial charge on any atom is 0.305 e. The van der Waals surface area contributed by atoms with Gasteiger partial charge in [0.1, 0.15) is 0 Å². The Labute approximate surface area is 125 Å². The van der Waals surface area contributed by atoms with Gasteiger partial charge in [-0.05, 0) is 12.5 Å². The molecular formula is C16H22N2O3. The van der Waals surface area contributed by atoms with Crippen LogP contribution in [0.15, 0.2) is 30.3 Å². The molecule has 0 spiro atoms. The lowest BCUT2D eigenvalue weighted by molar-refractivity contribution is -0.142. The number of carboxylic acids is 1. The highest BCUT2D eigenvalue weighted by Gasteiger charge is 2.34. The van der Waals surface area contributed by atoms with Crippen LogP contribution in [0.3, 0.4) is 0 Å². The van der Waals surface area contributed by atoms with E-state index < -0.39 is 5.97 Å². The van der Waals surface area contributed by atoms with Crippen LogP contribution in [0.5, 0.6) is 0 Å². The number of carboxylic acid groups (broad SMARTS) is 1. The molecule has 1 saturated heterocycles. The number of carbonyl (C=O) groups excluding carboxylic acids is 1. The minimum Gasteiger partial charge on any atom is -0.481 e. The van der Waals surface area contributed by atoms with E-state index in [1.807, 2.05) is 37.3 Å². The first-order chi connectivity index (χ1) is 9.97. The molecule has 0 aromatic heterocycles. The predicted molar refractivity (Wildman–Crippen MR) is 79.7 cm³/mol. The van der Waals surface area contributed by atoms with Gasteiger partial charge in [-0.25, -0.2) is 0 Å². The topological polar surface area (TPSA) is 60.9 Å². The summed E-state index contributed by atoms with van der Waals surface area (Å²) >= 11 is 0. The summed E-state index contributed by atoms with van der Waals surface area (Å²) in [4.78, 5) is 26.7. The molecule has 0 radical (unpaired) electrons. The number of hydrogen-bond acceptors (Lipinski definition) is 3. The minimum atomic E-state index is -0.823. The standard InChI is InChI=1S/C16H22N2O3/c1-12-9-17(13(2)19)11-15(8-16(20)21)18(12)10-14-6-4-3-5-7-14/h3-7,12,15H,8-11H2,1-2H3,(H,20,21)/t12-,15-/m0/s1. The zero-order valence-electron chi connectivity index (χ0n) is 12.5. The van der Waals surface area contributed by atoms with Crippen molar-refractivity contribution in [3.05, 3.63) is 35.9 Å². The summed E-state index contributed by atoms with van der Waals surface area (Å²) in [7, 11) is 0. The molecule has 1 fully saturated rings. The second-order valence-corrected chi connectivity index (χ2v) is 5.68. The Hall–Kier alpha value is -1.88. The number of aliphatic carboxylic acids is 1. The molecule has 1 amide bonds. The van der Waals surface area contributed by atoms with Crippen molar-refractivity contribution in [2.24, 2.45) is 0 Å². The number of benzene rings is 1. The Bertz CT molecular complexity index is 504. The van der Waals surface area contributed by atoms with Crippen molar-refractivity contribution in [3.8, 4) is 0 Å². The van der Waals surface area contributed by atoms with Crippen LogP contribution in [-0.2, 0) is 16.1 Å². The van der Waals surface area contributed by atoms with Crippen LogP contribution in [0, 0.1) is 0 Å². The number of piperazine rings is 1. The largest absolute Gasteiger partial charge is 0.481 e. The highest BCUT2D eigenvalue weighted by atomic mass is 16.4. The molecular weight excluding hydrogens is 268 g/mol. The zero-order valence-corrected chi connectivity index (χ0v) is 12.5. The van der Waals surface area contributed by atoms with Crippen molar-refractivity contribution in [1.29, 1.82) is 0 Å². The third kappa shape index (κ3) is 4.04. The van der Waals surface area contributed by atoms with Crippen LogP contribution in [0.1, 0.15) is 25.8 Å². The van der Waals surface area contributed by atoms with Gasteiger partial charge in [0.2, 0.25) is 5.91 Å². The van der Waals surface area contributed by atoms with E-state index in [0.717, 1.165) is 5.56 Å². The van der Waals surface area contributed by atoms with Gasteiger partial charge in [-0.1, -0.05) is 30.3 Å². The van der Waals surface area contributed by atoms with Crippen molar-refractivity contribution in [2.75, 3.05) is 13.1 Å². The van der Waals surface area contributed by atoms with Gasteiger partial charge in [0.15, 0.2) is 0 Å². The number of amides is 1. The fourth-order valence-corrected chi connectivity index (χ4v) is 2.94. The van der Waals surface area contributed by atoms with Crippen LogP contribution >= 0.6 is 0 Å². The van der Waals surface area contributed by atoms with E-state index in [2.05, 4.69) is 4.90 Å². The van der Waals surface area contributed by atoms with Crippen LogP contribution in [0.2, 0.25) is 0 Å². The van der Waals surface area contributed by atoms with Gasteiger partial charge >= 0.3 is 5.97 Å². The summed E-state index contributed by atoms with van der Waals surface area (Å²) < 4.78 is 0. The molecule has 0 saturated carbocycles. The first-order valence-corrected chi connectivity index (χ1v) is 7.24. The molecule has 1 heterocycles. The molecule has 5 heteroatoms. The molecule has 2 atom stereocenters. The van der Waals surface area contributed by atoms with Gasteiger partial charge in [-0.15, -0.1) is 0 Å². The molecule has 1 aromatic carbocycles. The van der Waals surface area contributed by atoms with Gasteiger partial charge in [-0.2, -0.15) is 0 Å². The summed E-state index contributed by atoms with van der Waals surface area (Å²) in [5.74, 6) is -0.813. The van der Waals surface area contributed by atoms with E-state index in [1.165, 1.54) is 6.92 Å². The van der Waals surface area contributed by atoms with E-state index in [4.69, 9.17) is 5.11 Å². The highest BCUT2D eigenvalue weighted by molar-refractivity contribution is 5.74. The molecule has 1 N–H and O–H groups in total. The van der Waals surface area contributed by atoms with E-state index in [1.54, 1.807) is 4.90 Å². The molecule has 0 unspecified atom stereocenters. The number of carbonyl (C=O) groups is 2. The average molecular weight is 290 g/mol. The van der Waals surface area contributed by atoms with Gasteiger partial charge < -0.3 is 10.0 Å². The number of rotatable bonds is 4. The summed E-state index contributed by atoms with van der Waals surface area (Å²) in [6.45, 7) is 5.44. The van der Waals surface area contributed by atoms with Crippen LogP contribution in [0.4, 0.5) is 0 Å². The number of hydrogen-bond donors (Lipinski definition) is 1. The summed E-state index contributed by atoms with van der Waals surface area (Å²) in [5.41, 5.74) is 1.16. The van der Waals surface area contributed by atoms with Crippen molar-refractivity contribution in [2.45, 2.75) is 38.9 Å². The monoisotopic (exact) mass is 290 g/mol. The van der Waals surface area contributed by atoms with Crippen molar-refractivity contribution >= 4 is 11.9 Å². The third-order valence-electron chi connectivity index (χ3n) is 4.01. The average Bonchev–Trinajstić information content (AvgIpc) is 2.42.